The lowest BCUT2D eigenvalue weighted by Crippen LogP contribution is -2.09. The third-order valence-electron chi connectivity index (χ3n) is 4.20. The van der Waals surface area contributed by atoms with Crippen molar-refractivity contribution in [1.82, 2.24) is 15.0 Å². The van der Waals surface area contributed by atoms with Crippen LogP contribution in [0.3, 0.4) is 0 Å². The molecule has 0 saturated carbocycles. The molecule has 0 spiro atoms. The highest BCUT2D eigenvalue weighted by Crippen LogP contribution is 2.30. The summed E-state index contributed by atoms with van der Waals surface area (Å²) in [5, 5.41) is 14.0. The summed E-state index contributed by atoms with van der Waals surface area (Å²) in [6.07, 6.45) is 3.36. The number of halogens is 1. The number of rotatable bonds is 5. The average molecular weight is 379 g/mol. The maximum Gasteiger partial charge on any atom is 0.339 e. The van der Waals surface area contributed by atoms with Gasteiger partial charge in [0.15, 0.2) is 0 Å². The molecule has 0 radical (unpaired) electrons. The van der Waals surface area contributed by atoms with Crippen LogP contribution in [0.25, 0.3) is 22.3 Å². The molecule has 0 bridgehead atoms. The fourth-order valence-electron chi connectivity index (χ4n) is 2.89. The van der Waals surface area contributed by atoms with E-state index in [0.717, 1.165) is 16.5 Å². The summed E-state index contributed by atoms with van der Waals surface area (Å²) >= 11 is 6.06. The minimum atomic E-state index is -1.03. The smallest absolute Gasteiger partial charge is 0.339 e. The van der Waals surface area contributed by atoms with E-state index in [4.69, 9.17) is 11.6 Å². The van der Waals surface area contributed by atoms with E-state index in [-0.39, 0.29) is 5.56 Å². The van der Waals surface area contributed by atoms with Crippen LogP contribution < -0.4 is 5.32 Å². The van der Waals surface area contributed by atoms with Crippen molar-refractivity contribution in [2.45, 2.75) is 6.54 Å². The van der Waals surface area contributed by atoms with Gasteiger partial charge in [0.1, 0.15) is 17.0 Å². The summed E-state index contributed by atoms with van der Waals surface area (Å²) in [6, 6.07) is 14.8. The molecule has 0 fully saturated rings. The third-order valence-corrected chi connectivity index (χ3v) is 4.41. The number of nitrogens with zero attached hydrogens (tertiary/aromatic N) is 2. The van der Waals surface area contributed by atoms with Crippen molar-refractivity contribution in [3.8, 4) is 11.3 Å². The summed E-state index contributed by atoms with van der Waals surface area (Å²) in [7, 11) is 0. The number of benzene rings is 1. The quantitative estimate of drug-likeness (QED) is 0.472. The lowest BCUT2D eigenvalue weighted by Gasteiger charge is -2.11. The number of H-pyrrole nitrogens is 1. The van der Waals surface area contributed by atoms with Gasteiger partial charge in [-0.15, -0.1) is 0 Å². The number of aromatic nitrogens is 3. The van der Waals surface area contributed by atoms with E-state index in [1.165, 1.54) is 0 Å². The van der Waals surface area contributed by atoms with E-state index >= 15 is 0 Å². The summed E-state index contributed by atoms with van der Waals surface area (Å²) in [5.74, 6) is -0.721. The number of anilines is 1. The third kappa shape index (κ3) is 3.47. The molecule has 3 heterocycles. The van der Waals surface area contributed by atoms with Crippen LogP contribution in [-0.2, 0) is 6.54 Å². The molecule has 0 amide bonds. The molecule has 0 aliphatic rings. The Bertz CT molecular complexity index is 1130. The maximum absolute atomic E-state index is 11.6. The molecule has 1 aromatic carbocycles. The summed E-state index contributed by atoms with van der Waals surface area (Å²) in [5.41, 5.74) is 3.28. The zero-order chi connectivity index (χ0) is 18.8. The van der Waals surface area contributed by atoms with E-state index in [1.807, 2.05) is 30.3 Å². The first kappa shape index (κ1) is 17.1. The Kier molecular flexibility index (Phi) is 4.48. The summed E-state index contributed by atoms with van der Waals surface area (Å²) in [6.45, 7) is 0.471. The lowest BCUT2D eigenvalue weighted by molar-refractivity contribution is 0.0697. The van der Waals surface area contributed by atoms with Crippen molar-refractivity contribution in [2.24, 2.45) is 0 Å². The second-order valence-electron chi connectivity index (χ2n) is 5.99. The number of hydrogen-bond donors (Lipinski definition) is 3. The molecule has 4 aromatic rings. The molecule has 0 aliphatic heterocycles. The Hall–Kier alpha value is -3.38. The van der Waals surface area contributed by atoms with Crippen molar-refractivity contribution in [3.63, 3.8) is 0 Å². The van der Waals surface area contributed by atoms with Gasteiger partial charge in [0, 0.05) is 29.9 Å². The van der Waals surface area contributed by atoms with Crippen molar-refractivity contribution < 1.29 is 9.90 Å². The van der Waals surface area contributed by atoms with Crippen LogP contribution >= 0.6 is 11.6 Å². The summed E-state index contributed by atoms with van der Waals surface area (Å²) < 4.78 is 0. The number of aromatic amines is 1. The molecule has 7 heteroatoms. The topological polar surface area (TPSA) is 90.9 Å². The van der Waals surface area contributed by atoms with Crippen molar-refractivity contribution in [3.05, 3.63) is 77.1 Å². The van der Waals surface area contributed by atoms with Gasteiger partial charge < -0.3 is 15.4 Å². The van der Waals surface area contributed by atoms with Gasteiger partial charge in [-0.1, -0.05) is 41.9 Å². The molecule has 3 aromatic heterocycles. The molecule has 0 atom stereocenters. The SMILES string of the molecule is O=C(O)c1ccc(-c2c[nH]c3ncc(Cl)cc23)nc1NCc1ccccc1. The second-order valence-corrected chi connectivity index (χ2v) is 6.43. The van der Waals surface area contributed by atoms with Gasteiger partial charge in [0.2, 0.25) is 0 Å². The van der Waals surface area contributed by atoms with Crippen LogP contribution in [0.5, 0.6) is 0 Å². The Morgan fingerprint density at radius 1 is 1.19 bits per heavy atom. The van der Waals surface area contributed by atoms with Gasteiger partial charge in [-0.3, -0.25) is 0 Å². The molecule has 27 heavy (non-hydrogen) atoms. The largest absolute Gasteiger partial charge is 0.478 e. The second kappa shape index (κ2) is 7.09. The van der Waals surface area contributed by atoms with E-state index in [9.17, 15) is 9.90 Å². The maximum atomic E-state index is 11.6. The van der Waals surface area contributed by atoms with E-state index in [0.29, 0.717) is 28.7 Å². The fraction of sp³-hybridized carbons (Fsp3) is 0.0500. The molecule has 4 rings (SSSR count). The highest BCUT2D eigenvalue weighted by molar-refractivity contribution is 6.31. The van der Waals surface area contributed by atoms with Crippen molar-refractivity contribution >= 4 is 34.4 Å². The fourth-order valence-corrected chi connectivity index (χ4v) is 3.05. The van der Waals surface area contributed by atoms with Gasteiger partial charge in [-0.25, -0.2) is 14.8 Å². The van der Waals surface area contributed by atoms with Crippen LogP contribution in [-0.4, -0.2) is 26.0 Å². The first-order valence-electron chi connectivity index (χ1n) is 8.27. The Balaban J connectivity index is 1.73. The van der Waals surface area contributed by atoms with E-state index in [1.54, 1.807) is 30.6 Å². The first-order valence-corrected chi connectivity index (χ1v) is 8.65. The predicted octanol–water partition coefficient (Wildman–Crippen LogP) is 4.59. The molecule has 6 nitrogen and oxygen atoms in total. The van der Waals surface area contributed by atoms with Crippen molar-refractivity contribution in [1.29, 1.82) is 0 Å². The number of fused-ring (bicyclic) bond motifs is 1. The zero-order valence-electron chi connectivity index (χ0n) is 14.1. The van der Waals surface area contributed by atoms with Gasteiger partial charge in [0.05, 0.1) is 10.7 Å². The van der Waals surface area contributed by atoms with Crippen LogP contribution in [0, 0.1) is 0 Å². The molecule has 0 aliphatic carbocycles. The Morgan fingerprint density at radius 2 is 2.00 bits per heavy atom. The van der Waals surface area contributed by atoms with E-state index < -0.39 is 5.97 Å². The molecule has 134 valence electrons. The zero-order valence-corrected chi connectivity index (χ0v) is 14.9. The number of pyridine rings is 2. The minimum absolute atomic E-state index is 0.116. The minimum Gasteiger partial charge on any atom is -0.478 e. The van der Waals surface area contributed by atoms with Crippen LogP contribution in [0.1, 0.15) is 15.9 Å². The van der Waals surface area contributed by atoms with Crippen LogP contribution in [0.15, 0.2) is 60.9 Å². The predicted molar refractivity (Wildman–Crippen MR) is 105 cm³/mol. The van der Waals surface area contributed by atoms with Gasteiger partial charge in [0.25, 0.3) is 0 Å². The number of nitrogens with one attached hydrogen (secondary N) is 2. The number of carbonyl (C=O) groups is 1. The standard InChI is InChI=1S/C20H15ClN4O2/c21-13-8-15-16(11-24-18(15)23-10-13)17-7-6-14(20(26)27)19(25-17)22-9-12-4-2-1-3-5-12/h1-8,10-11H,9H2,(H,22,25)(H,23,24)(H,26,27). The monoisotopic (exact) mass is 378 g/mol. The first-order chi connectivity index (χ1) is 13.1. The van der Waals surface area contributed by atoms with E-state index in [2.05, 4.69) is 20.3 Å². The van der Waals surface area contributed by atoms with Gasteiger partial charge >= 0.3 is 5.97 Å². The highest BCUT2D eigenvalue weighted by atomic mass is 35.5. The van der Waals surface area contributed by atoms with Crippen LogP contribution in [0.4, 0.5) is 5.82 Å². The van der Waals surface area contributed by atoms with Crippen molar-refractivity contribution in [2.75, 3.05) is 5.32 Å². The lowest BCUT2D eigenvalue weighted by atomic mass is 10.1. The number of carboxylic acid groups (broad SMARTS) is 1. The molecule has 0 saturated heterocycles. The van der Waals surface area contributed by atoms with Crippen LogP contribution in [0.2, 0.25) is 5.02 Å². The highest BCUT2D eigenvalue weighted by Gasteiger charge is 2.15. The molecule has 3 N–H and O–H groups in total. The molecular formula is C20H15ClN4O2. The average Bonchev–Trinajstić information content (AvgIpc) is 3.10. The number of aromatic carboxylic acids is 1. The Morgan fingerprint density at radius 3 is 2.78 bits per heavy atom. The molecular weight excluding hydrogens is 364 g/mol. The number of carboxylic acids is 1. The van der Waals surface area contributed by atoms with Gasteiger partial charge in [-0.2, -0.15) is 0 Å². The number of hydrogen-bond acceptors (Lipinski definition) is 4. The molecule has 0 unspecified atom stereocenters. The Labute approximate surface area is 159 Å². The summed E-state index contributed by atoms with van der Waals surface area (Å²) in [4.78, 5) is 23.5. The normalized spacial score (nSPS) is 10.9. The van der Waals surface area contributed by atoms with Gasteiger partial charge in [-0.05, 0) is 23.8 Å².